The number of amides is 1. The predicted octanol–water partition coefficient (Wildman–Crippen LogP) is 1.55. The van der Waals surface area contributed by atoms with E-state index in [1.54, 1.807) is 6.20 Å². The van der Waals surface area contributed by atoms with Crippen LogP contribution in [0.1, 0.15) is 33.2 Å². The van der Waals surface area contributed by atoms with E-state index in [-0.39, 0.29) is 23.6 Å². The van der Waals surface area contributed by atoms with Gasteiger partial charge in [-0.1, -0.05) is 0 Å². The van der Waals surface area contributed by atoms with Crippen molar-refractivity contribution >= 4 is 23.5 Å². The predicted molar refractivity (Wildman–Crippen MR) is 102 cm³/mol. The molecule has 0 spiro atoms. The molecule has 2 rings (SSSR count). The highest BCUT2D eigenvalue weighted by Gasteiger charge is 2.16. The van der Waals surface area contributed by atoms with Gasteiger partial charge >= 0.3 is 11.9 Å². The summed E-state index contributed by atoms with van der Waals surface area (Å²) in [5.41, 5.74) is 1.58. The molecule has 1 aromatic carbocycles. The van der Waals surface area contributed by atoms with Crippen molar-refractivity contribution in [2.24, 2.45) is 0 Å². The van der Waals surface area contributed by atoms with E-state index in [0.29, 0.717) is 12.2 Å². The van der Waals surface area contributed by atoms with Crippen molar-refractivity contribution in [2.45, 2.75) is 20.0 Å². The molecule has 0 aliphatic carbocycles. The Bertz CT molecular complexity index is 828. The van der Waals surface area contributed by atoms with E-state index in [1.165, 1.54) is 32.4 Å². The Labute approximate surface area is 163 Å². The minimum absolute atomic E-state index is 0.118. The molecule has 1 N–H and O–H groups in total. The highest BCUT2D eigenvalue weighted by molar-refractivity contribution is 5.99. The summed E-state index contributed by atoms with van der Waals surface area (Å²) >= 11 is 0. The third kappa shape index (κ3) is 5.65. The third-order valence-corrected chi connectivity index (χ3v) is 3.94. The van der Waals surface area contributed by atoms with E-state index in [4.69, 9.17) is 0 Å². The van der Waals surface area contributed by atoms with Crippen LogP contribution in [0, 0.1) is 0 Å². The average Bonchev–Trinajstić information content (AvgIpc) is 3.13. The number of nitrogens with zero attached hydrogens (tertiary/aromatic N) is 3. The first-order valence-corrected chi connectivity index (χ1v) is 8.67. The highest BCUT2D eigenvalue weighted by Crippen LogP contribution is 2.17. The summed E-state index contributed by atoms with van der Waals surface area (Å²) in [5.74, 6) is -1.53. The number of nitrogens with one attached hydrogen (secondary N) is 1. The van der Waals surface area contributed by atoms with Crippen LogP contribution < -0.4 is 5.32 Å². The zero-order valence-electron chi connectivity index (χ0n) is 16.4. The lowest BCUT2D eigenvalue weighted by Gasteiger charge is -2.16. The van der Waals surface area contributed by atoms with Crippen LogP contribution in [0.3, 0.4) is 0 Å². The number of rotatable bonds is 8. The van der Waals surface area contributed by atoms with Crippen molar-refractivity contribution in [1.82, 2.24) is 14.7 Å². The normalized spacial score (nSPS) is 10.6. The fourth-order valence-corrected chi connectivity index (χ4v) is 2.65. The average molecular weight is 388 g/mol. The van der Waals surface area contributed by atoms with Gasteiger partial charge in [0.05, 0.1) is 38.1 Å². The standard InChI is InChI=1S/C19H24N4O5/c1-5-23-11-13(9-20-23)10-22(2)12-17(24)21-16-7-14(18(25)27-3)6-15(8-16)19(26)28-4/h6-9,11H,5,10,12H2,1-4H3,(H,21,24). The third-order valence-electron chi connectivity index (χ3n) is 3.94. The van der Waals surface area contributed by atoms with Gasteiger partial charge in [0.25, 0.3) is 0 Å². The van der Waals surface area contributed by atoms with Crippen molar-refractivity contribution in [1.29, 1.82) is 0 Å². The summed E-state index contributed by atoms with van der Waals surface area (Å²) in [5, 5.41) is 6.90. The second-order valence-corrected chi connectivity index (χ2v) is 6.21. The van der Waals surface area contributed by atoms with Gasteiger partial charge in [-0.2, -0.15) is 5.10 Å². The van der Waals surface area contributed by atoms with E-state index in [2.05, 4.69) is 19.9 Å². The Balaban J connectivity index is 2.06. The van der Waals surface area contributed by atoms with Crippen molar-refractivity contribution in [3.8, 4) is 0 Å². The van der Waals surface area contributed by atoms with Crippen molar-refractivity contribution in [3.63, 3.8) is 0 Å². The molecule has 1 amide bonds. The molecule has 2 aromatic rings. The van der Waals surface area contributed by atoms with Gasteiger partial charge in [-0.3, -0.25) is 14.4 Å². The zero-order valence-corrected chi connectivity index (χ0v) is 16.4. The van der Waals surface area contributed by atoms with Crippen molar-refractivity contribution < 1.29 is 23.9 Å². The fourth-order valence-electron chi connectivity index (χ4n) is 2.65. The Hall–Kier alpha value is -3.20. The molecule has 150 valence electrons. The Morgan fingerprint density at radius 3 is 2.21 bits per heavy atom. The van der Waals surface area contributed by atoms with Gasteiger partial charge in [-0.15, -0.1) is 0 Å². The number of methoxy groups -OCH3 is 2. The summed E-state index contributed by atoms with van der Waals surface area (Å²) in [6.07, 6.45) is 3.69. The maximum Gasteiger partial charge on any atom is 0.337 e. The molecule has 0 bridgehead atoms. The maximum atomic E-state index is 12.4. The van der Waals surface area contributed by atoms with Gasteiger partial charge in [0, 0.05) is 30.5 Å². The monoisotopic (exact) mass is 388 g/mol. The van der Waals surface area contributed by atoms with Gasteiger partial charge in [-0.25, -0.2) is 9.59 Å². The first-order valence-electron chi connectivity index (χ1n) is 8.67. The minimum atomic E-state index is -0.619. The molecule has 9 heteroatoms. The number of hydrogen-bond acceptors (Lipinski definition) is 7. The number of anilines is 1. The van der Waals surface area contributed by atoms with E-state index >= 15 is 0 Å². The molecule has 0 fully saturated rings. The summed E-state index contributed by atoms with van der Waals surface area (Å²) < 4.78 is 11.2. The van der Waals surface area contributed by atoms with Crippen LogP contribution in [0.15, 0.2) is 30.6 Å². The molecule has 0 atom stereocenters. The number of benzene rings is 1. The van der Waals surface area contributed by atoms with E-state index in [0.717, 1.165) is 12.1 Å². The van der Waals surface area contributed by atoms with Gasteiger partial charge < -0.3 is 14.8 Å². The SMILES string of the molecule is CCn1cc(CN(C)CC(=O)Nc2cc(C(=O)OC)cc(C(=O)OC)c2)cn1. The van der Waals surface area contributed by atoms with E-state index < -0.39 is 11.9 Å². The Morgan fingerprint density at radius 1 is 1.11 bits per heavy atom. The quantitative estimate of drug-likeness (QED) is 0.684. The van der Waals surface area contributed by atoms with Crippen molar-refractivity contribution in [2.75, 3.05) is 33.1 Å². The molecule has 1 aromatic heterocycles. The molecule has 0 aliphatic heterocycles. The lowest BCUT2D eigenvalue weighted by atomic mass is 10.1. The molecule has 0 radical (unpaired) electrons. The summed E-state index contributed by atoms with van der Waals surface area (Å²) in [4.78, 5) is 37.8. The van der Waals surface area contributed by atoms with Crippen LogP contribution >= 0.6 is 0 Å². The van der Waals surface area contributed by atoms with Crippen LogP contribution in [-0.2, 0) is 27.4 Å². The summed E-state index contributed by atoms with van der Waals surface area (Å²) in [7, 11) is 4.29. The second kappa shape index (κ2) is 9.65. The Kier molecular flexibility index (Phi) is 7.28. The van der Waals surface area contributed by atoms with E-state index in [9.17, 15) is 14.4 Å². The fraction of sp³-hybridized carbons (Fsp3) is 0.368. The molecule has 0 saturated heterocycles. The zero-order chi connectivity index (χ0) is 20.7. The molecule has 1 heterocycles. The number of aryl methyl sites for hydroxylation is 1. The van der Waals surface area contributed by atoms with Crippen LogP contribution in [0.2, 0.25) is 0 Å². The van der Waals surface area contributed by atoms with Gasteiger partial charge in [0.15, 0.2) is 0 Å². The number of aromatic nitrogens is 2. The number of carbonyl (C=O) groups is 3. The van der Waals surface area contributed by atoms with Crippen LogP contribution in [0.5, 0.6) is 0 Å². The molecule has 0 saturated carbocycles. The minimum Gasteiger partial charge on any atom is -0.465 e. The molecule has 9 nitrogen and oxygen atoms in total. The van der Waals surface area contributed by atoms with Gasteiger partial charge in [0.2, 0.25) is 5.91 Å². The summed E-state index contributed by atoms with van der Waals surface area (Å²) in [6, 6.07) is 4.24. The van der Waals surface area contributed by atoms with Crippen LogP contribution in [0.25, 0.3) is 0 Å². The number of hydrogen-bond donors (Lipinski definition) is 1. The molecular formula is C19H24N4O5. The lowest BCUT2D eigenvalue weighted by molar-refractivity contribution is -0.117. The van der Waals surface area contributed by atoms with Gasteiger partial charge in [0.1, 0.15) is 0 Å². The number of esters is 2. The first-order chi connectivity index (χ1) is 13.4. The maximum absolute atomic E-state index is 12.4. The topological polar surface area (TPSA) is 103 Å². The lowest BCUT2D eigenvalue weighted by Crippen LogP contribution is -2.29. The first kappa shape index (κ1) is 21.1. The largest absolute Gasteiger partial charge is 0.465 e. The smallest absolute Gasteiger partial charge is 0.337 e. The number of carbonyl (C=O) groups excluding carboxylic acids is 3. The van der Waals surface area contributed by atoms with Crippen molar-refractivity contribution in [3.05, 3.63) is 47.3 Å². The highest BCUT2D eigenvalue weighted by atomic mass is 16.5. The molecule has 0 aliphatic rings. The van der Waals surface area contributed by atoms with Gasteiger partial charge in [-0.05, 0) is 32.2 Å². The molecule has 28 heavy (non-hydrogen) atoms. The second-order valence-electron chi connectivity index (χ2n) is 6.21. The number of ether oxygens (including phenoxy) is 2. The Morgan fingerprint density at radius 2 is 1.71 bits per heavy atom. The van der Waals surface area contributed by atoms with Crippen LogP contribution in [-0.4, -0.2) is 60.3 Å². The number of likely N-dealkylation sites (N-methyl/N-ethyl adjacent to an activating group) is 1. The molecular weight excluding hydrogens is 364 g/mol. The van der Waals surface area contributed by atoms with Crippen LogP contribution in [0.4, 0.5) is 5.69 Å². The molecule has 0 unspecified atom stereocenters. The van der Waals surface area contributed by atoms with E-state index in [1.807, 2.05) is 29.7 Å². The summed E-state index contributed by atoms with van der Waals surface area (Å²) in [6.45, 7) is 3.46.